The molecule has 0 saturated heterocycles. The second-order valence-corrected chi connectivity index (χ2v) is 7.24. The van der Waals surface area contributed by atoms with Crippen LogP contribution in [0.3, 0.4) is 0 Å². The van der Waals surface area contributed by atoms with Gasteiger partial charge in [-0.1, -0.05) is 6.07 Å². The van der Waals surface area contributed by atoms with Crippen LogP contribution in [0.1, 0.15) is 27.9 Å². The van der Waals surface area contributed by atoms with Crippen molar-refractivity contribution in [3.05, 3.63) is 45.4 Å². The van der Waals surface area contributed by atoms with Crippen molar-refractivity contribution in [1.82, 2.24) is 15.6 Å². The number of thiazole rings is 1. The molecule has 0 saturated carbocycles. The van der Waals surface area contributed by atoms with Gasteiger partial charge in [-0.25, -0.2) is 9.98 Å². The van der Waals surface area contributed by atoms with Gasteiger partial charge < -0.3 is 15.5 Å². The van der Waals surface area contributed by atoms with Crippen LogP contribution in [-0.2, 0) is 13.1 Å². The fourth-order valence-electron chi connectivity index (χ4n) is 2.28. The lowest BCUT2D eigenvalue weighted by molar-refractivity contribution is 0.811. The van der Waals surface area contributed by atoms with Gasteiger partial charge >= 0.3 is 0 Å². The van der Waals surface area contributed by atoms with Crippen LogP contribution < -0.4 is 15.5 Å². The van der Waals surface area contributed by atoms with Crippen molar-refractivity contribution in [2.24, 2.45) is 4.99 Å². The molecule has 0 radical (unpaired) electrons. The van der Waals surface area contributed by atoms with Crippen molar-refractivity contribution in [3.63, 3.8) is 0 Å². The van der Waals surface area contributed by atoms with Crippen LogP contribution in [0.25, 0.3) is 0 Å². The Kier molecular flexibility index (Phi) is 9.20. The summed E-state index contributed by atoms with van der Waals surface area (Å²) in [6.45, 7) is 8.47. The minimum atomic E-state index is 0. The summed E-state index contributed by atoms with van der Waals surface area (Å²) >= 11 is 1.71. The van der Waals surface area contributed by atoms with Crippen LogP contribution in [0.2, 0.25) is 0 Å². The first-order chi connectivity index (χ1) is 11.5. The zero-order chi connectivity index (χ0) is 17.5. The van der Waals surface area contributed by atoms with E-state index in [4.69, 9.17) is 4.99 Å². The number of aromatic nitrogens is 1. The summed E-state index contributed by atoms with van der Waals surface area (Å²) in [6.07, 6.45) is 1.90. The average molecular weight is 473 g/mol. The molecule has 0 aliphatic carbocycles. The van der Waals surface area contributed by atoms with Gasteiger partial charge in [0.1, 0.15) is 5.01 Å². The summed E-state index contributed by atoms with van der Waals surface area (Å²) in [5, 5.41) is 7.71. The molecule has 0 amide bonds. The highest BCUT2D eigenvalue weighted by Gasteiger charge is 2.04. The van der Waals surface area contributed by atoms with Gasteiger partial charge in [-0.3, -0.25) is 0 Å². The van der Waals surface area contributed by atoms with Gasteiger partial charge in [0.05, 0.1) is 13.1 Å². The third kappa shape index (κ3) is 6.81. The maximum atomic E-state index is 4.70. The van der Waals surface area contributed by atoms with Crippen LogP contribution >= 0.6 is 35.3 Å². The van der Waals surface area contributed by atoms with Crippen molar-refractivity contribution in [1.29, 1.82) is 0 Å². The standard InChI is InChI=1S/C18H27N5S.HI/c1-6-19-18(22-12-17-20-10-14(3)24-17)21-11-15-7-8-16(23(4)5)9-13(15)2;/h7-10H,6,11-12H2,1-5H3,(H2,19,21,22);1H. The fraction of sp³-hybridized carbons (Fsp3) is 0.444. The molecule has 2 N–H and O–H groups in total. The van der Waals surface area contributed by atoms with E-state index in [1.54, 1.807) is 11.3 Å². The van der Waals surface area contributed by atoms with Gasteiger partial charge in [0, 0.05) is 37.4 Å². The first-order valence-corrected chi connectivity index (χ1v) is 9.01. The molecule has 1 heterocycles. The molecule has 2 aromatic rings. The SMILES string of the molecule is CCNC(=NCc1ccc(N(C)C)cc1C)NCc1ncc(C)s1.I. The van der Waals surface area contributed by atoms with E-state index in [1.165, 1.54) is 21.7 Å². The van der Waals surface area contributed by atoms with E-state index in [-0.39, 0.29) is 24.0 Å². The maximum Gasteiger partial charge on any atom is 0.191 e. The number of nitrogens with zero attached hydrogens (tertiary/aromatic N) is 3. The van der Waals surface area contributed by atoms with Gasteiger partial charge in [-0.05, 0) is 44.0 Å². The fourth-order valence-corrected chi connectivity index (χ4v) is 3.01. The van der Waals surface area contributed by atoms with E-state index in [2.05, 4.69) is 73.6 Å². The summed E-state index contributed by atoms with van der Waals surface area (Å²) < 4.78 is 0. The van der Waals surface area contributed by atoms with Crippen molar-refractivity contribution < 1.29 is 0 Å². The highest BCUT2D eigenvalue weighted by molar-refractivity contribution is 14.0. The summed E-state index contributed by atoms with van der Waals surface area (Å²) in [5.74, 6) is 0.821. The third-order valence-electron chi connectivity index (χ3n) is 3.67. The minimum Gasteiger partial charge on any atom is -0.378 e. The van der Waals surface area contributed by atoms with Gasteiger partial charge in [-0.2, -0.15) is 0 Å². The highest BCUT2D eigenvalue weighted by atomic mass is 127. The molecule has 0 unspecified atom stereocenters. The van der Waals surface area contributed by atoms with Gasteiger partial charge in [0.15, 0.2) is 5.96 Å². The van der Waals surface area contributed by atoms with Crippen LogP contribution in [0.15, 0.2) is 29.4 Å². The largest absolute Gasteiger partial charge is 0.378 e. The lowest BCUT2D eigenvalue weighted by Gasteiger charge is -2.15. The zero-order valence-corrected chi connectivity index (χ0v) is 18.7. The molecule has 0 aliphatic rings. The number of aliphatic imine (C=N–C) groups is 1. The van der Waals surface area contributed by atoms with E-state index in [1.807, 2.05) is 6.20 Å². The Hall–Kier alpha value is -1.35. The molecule has 25 heavy (non-hydrogen) atoms. The van der Waals surface area contributed by atoms with Crippen LogP contribution in [0.5, 0.6) is 0 Å². The molecule has 0 bridgehead atoms. The van der Waals surface area contributed by atoms with Gasteiger partial charge in [-0.15, -0.1) is 35.3 Å². The normalized spacial score (nSPS) is 11.0. The summed E-state index contributed by atoms with van der Waals surface area (Å²) in [7, 11) is 4.11. The Morgan fingerprint density at radius 1 is 1.24 bits per heavy atom. The quantitative estimate of drug-likeness (QED) is 0.382. The number of rotatable bonds is 6. The highest BCUT2D eigenvalue weighted by Crippen LogP contribution is 2.18. The van der Waals surface area contributed by atoms with Crippen molar-refractivity contribution in [3.8, 4) is 0 Å². The Morgan fingerprint density at radius 3 is 2.56 bits per heavy atom. The molecule has 0 fully saturated rings. The topological polar surface area (TPSA) is 52.6 Å². The minimum absolute atomic E-state index is 0. The monoisotopic (exact) mass is 473 g/mol. The average Bonchev–Trinajstić information content (AvgIpc) is 2.96. The van der Waals surface area contributed by atoms with Gasteiger partial charge in [0.2, 0.25) is 0 Å². The molecule has 0 atom stereocenters. The number of anilines is 1. The zero-order valence-electron chi connectivity index (χ0n) is 15.6. The van der Waals surface area contributed by atoms with E-state index in [9.17, 15) is 0 Å². The van der Waals surface area contributed by atoms with Gasteiger partial charge in [0.25, 0.3) is 0 Å². The summed E-state index contributed by atoms with van der Waals surface area (Å²) in [6, 6.07) is 6.49. The number of hydrogen-bond acceptors (Lipinski definition) is 4. The predicted octanol–water partition coefficient (Wildman–Crippen LogP) is 3.70. The molecule has 5 nitrogen and oxygen atoms in total. The summed E-state index contributed by atoms with van der Waals surface area (Å²) in [4.78, 5) is 12.4. The Labute approximate surface area is 172 Å². The van der Waals surface area contributed by atoms with E-state index in [0.717, 1.165) is 17.5 Å². The van der Waals surface area contributed by atoms with Crippen molar-refractivity contribution >= 4 is 47.0 Å². The number of guanidine groups is 1. The molecule has 1 aromatic carbocycles. The van der Waals surface area contributed by atoms with E-state index >= 15 is 0 Å². The third-order valence-corrected chi connectivity index (χ3v) is 4.58. The molecule has 7 heteroatoms. The Morgan fingerprint density at radius 2 is 2.00 bits per heavy atom. The van der Waals surface area contributed by atoms with E-state index in [0.29, 0.717) is 13.1 Å². The Bertz CT molecular complexity index is 697. The molecular formula is C18H28IN5S. The van der Waals surface area contributed by atoms with Crippen molar-refractivity contribution in [2.45, 2.75) is 33.9 Å². The number of halogens is 1. The van der Waals surface area contributed by atoms with Crippen LogP contribution in [0, 0.1) is 13.8 Å². The lowest BCUT2D eigenvalue weighted by Crippen LogP contribution is -2.36. The number of benzene rings is 1. The molecule has 0 aliphatic heterocycles. The molecular weight excluding hydrogens is 445 g/mol. The number of hydrogen-bond donors (Lipinski definition) is 2. The van der Waals surface area contributed by atoms with Crippen LogP contribution in [0.4, 0.5) is 5.69 Å². The molecule has 1 aromatic heterocycles. The number of aryl methyl sites for hydroxylation is 2. The Balaban J connectivity index is 0.00000312. The molecule has 138 valence electrons. The second kappa shape index (κ2) is 10.6. The number of nitrogens with one attached hydrogen (secondary N) is 2. The first kappa shape index (κ1) is 21.7. The second-order valence-electron chi connectivity index (χ2n) is 5.92. The smallest absolute Gasteiger partial charge is 0.191 e. The van der Waals surface area contributed by atoms with Crippen LogP contribution in [-0.4, -0.2) is 31.6 Å². The predicted molar refractivity (Wildman–Crippen MR) is 119 cm³/mol. The summed E-state index contributed by atoms with van der Waals surface area (Å²) in [5.41, 5.74) is 3.71. The first-order valence-electron chi connectivity index (χ1n) is 8.20. The maximum absolute atomic E-state index is 4.70. The van der Waals surface area contributed by atoms with Crippen molar-refractivity contribution in [2.75, 3.05) is 25.5 Å². The lowest BCUT2D eigenvalue weighted by atomic mass is 10.1. The molecule has 0 spiro atoms. The van der Waals surface area contributed by atoms with E-state index < -0.39 is 0 Å². The molecule has 2 rings (SSSR count).